The maximum absolute atomic E-state index is 14.0. The number of hydrogen-bond donors (Lipinski definition) is 1. The summed E-state index contributed by atoms with van der Waals surface area (Å²) in [7, 11) is 1.55. The maximum Gasteiger partial charge on any atom is 0.224 e. The first-order chi connectivity index (χ1) is 13.5. The van der Waals surface area contributed by atoms with Gasteiger partial charge in [-0.3, -0.25) is 4.79 Å². The summed E-state index contributed by atoms with van der Waals surface area (Å²) in [6.45, 7) is 1.56. The second-order valence-corrected chi connectivity index (χ2v) is 6.20. The van der Waals surface area contributed by atoms with Gasteiger partial charge in [0, 0.05) is 18.7 Å². The molecule has 3 rings (SSSR count). The molecule has 0 fully saturated rings. The fraction of sp³-hybridized carbons (Fsp3) is 0.136. The molecule has 6 heteroatoms. The van der Waals surface area contributed by atoms with E-state index in [-0.39, 0.29) is 12.5 Å². The van der Waals surface area contributed by atoms with Crippen molar-refractivity contribution < 1.29 is 18.7 Å². The third kappa shape index (κ3) is 4.40. The van der Waals surface area contributed by atoms with Crippen molar-refractivity contribution >= 4 is 17.3 Å². The first-order valence-corrected chi connectivity index (χ1v) is 8.71. The summed E-state index contributed by atoms with van der Waals surface area (Å²) in [4.78, 5) is 13.8. The number of ether oxygens (including phenoxy) is 2. The number of carbonyl (C=O) groups is 1. The van der Waals surface area contributed by atoms with E-state index in [0.29, 0.717) is 34.2 Å². The molecule has 3 aromatic rings. The van der Waals surface area contributed by atoms with Crippen LogP contribution in [0.3, 0.4) is 0 Å². The number of nitrogen functional groups attached to an aromatic ring is 1. The van der Waals surface area contributed by atoms with Gasteiger partial charge in [0.15, 0.2) is 5.75 Å². The van der Waals surface area contributed by atoms with Crippen LogP contribution in [0.2, 0.25) is 0 Å². The third-order valence-electron chi connectivity index (χ3n) is 4.24. The molecule has 5 nitrogen and oxygen atoms in total. The molecule has 0 spiro atoms. The first-order valence-electron chi connectivity index (χ1n) is 8.71. The fourth-order valence-electron chi connectivity index (χ4n) is 2.79. The molecule has 0 aromatic heterocycles. The van der Waals surface area contributed by atoms with Crippen molar-refractivity contribution in [3.63, 3.8) is 0 Å². The van der Waals surface area contributed by atoms with Crippen molar-refractivity contribution in [2.24, 2.45) is 0 Å². The highest BCUT2D eigenvalue weighted by atomic mass is 19.1. The summed E-state index contributed by atoms with van der Waals surface area (Å²) >= 11 is 0. The van der Waals surface area contributed by atoms with Gasteiger partial charge in [0.25, 0.3) is 0 Å². The number of carbonyl (C=O) groups excluding carboxylic acids is 1. The molecule has 28 heavy (non-hydrogen) atoms. The van der Waals surface area contributed by atoms with Crippen LogP contribution in [0.15, 0.2) is 66.7 Å². The topological polar surface area (TPSA) is 64.8 Å². The second kappa shape index (κ2) is 8.43. The number of rotatable bonds is 6. The van der Waals surface area contributed by atoms with Crippen molar-refractivity contribution in [1.82, 2.24) is 0 Å². The predicted octanol–water partition coefficient (Wildman–Crippen LogP) is 4.76. The summed E-state index contributed by atoms with van der Waals surface area (Å²) in [5, 5.41) is 0. The van der Waals surface area contributed by atoms with E-state index < -0.39 is 5.82 Å². The lowest BCUT2D eigenvalue weighted by Crippen LogP contribution is -2.28. The molecule has 0 aliphatic carbocycles. The van der Waals surface area contributed by atoms with Crippen molar-refractivity contribution in [2.45, 2.75) is 13.5 Å². The lowest BCUT2D eigenvalue weighted by atomic mass is 10.1. The molecule has 0 heterocycles. The van der Waals surface area contributed by atoms with Crippen LogP contribution in [-0.4, -0.2) is 13.0 Å². The highest BCUT2D eigenvalue weighted by Crippen LogP contribution is 2.35. The van der Waals surface area contributed by atoms with Crippen LogP contribution in [0.1, 0.15) is 12.5 Å². The van der Waals surface area contributed by atoms with E-state index >= 15 is 0 Å². The van der Waals surface area contributed by atoms with Crippen LogP contribution >= 0.6 is 0 Å². The fourth-order valence-corrected chi connectivity index (χ4v) is 2.79. The number of hydrogen-bond acceptors (Lipinski definition) is 4. The number of nitrogens with zero attached hydrogens (tertiary/aromatic N) is 1. The van der Waals surface area contributed by atoms with Crippen LogP contribution < -0.4 is 20.1 Å². The van der Waals surface area contributed by atoms with E-state index in [4.69, 9.17) is 15.2 Å². The molecular formula is C22H21FN2O3. The van der Waals surface area contributed by atoms with Gasteiger partial charge in [0.1, 0.15) is 17.3 Å². The number of amides is 1. The predicted molar refractivity (Wildman–Crippen MR) is 107 cm³/mol. The van der Waals surface area contributed by atoms with E-state index in [1.54, 1.807) is 37.4 Å². The number of halogens is 1. The zero-order valence-electron chi connectivity index (χ0n) is 15.7. The molecule has 1 amide bonds. The third-order valence-corrected chi connectivity index (χ3v) is 4.24. The standard InChI is InChI=1S/C22H21FN2O3/c1-15(26)25(14-16-12-19(27-2)9-10-20(16)24)21-13-17(23)8-11-22(21)28-18-6-4-3-5-7-18/h3-13H,14,24H2,1-2H3. The van der Waals surface area contributed by atoms with Crippen molar-refractivity contribution in [2.75, 3.05) is 17.7 Å². The van der Waals surface area contributed by atoms with Gasteiger partial charge >= 0.3 is 0 Å². The molecule has 0 radical (unpaired) electrons. The highest BCUT2D eigenvalue weighted by Gasteiger charge is 2.20. The number of anilines is 2. The highest BCUT2D eigenvalue weighted by molar-refractivity contribution is 5.93. The molecule has 0 bridgehead atoms. The average molecular weight is 380 g/mol. The Morgan fingerprint density at radius 2 is 1.79 bits per heavy atom. The number of nitrogens with two attached hydrogens (primary N) is 1. The Labute approximate surface area is 163 Å². The van der Waals surface area contributed by atoms with Gasteiger partial charge in [0.2, 0.25) is 5.91 Å². The van der Waals surface area contributed by atoms with Crippen LogP contribution in [0, 0.1) is 5.82 Å². The zero-order chi connectivity index (χ0) is 20.1. The van der Waals surface area contributed by atoms with Crippen LogP contribution in [-0.2, 0) is 11.3 Å². The Hall–Kier alpha value is -3.54. The minimum Gasteiger partial charge on any atom is -0.497 e. The lowest BCUT2D eigenvalue weighted by molar-refractivity contribution is -0.116. The Morgan fingerprint density at radius 3 is 2.46 bits per heavy atom. The van der Waals surface area contributed by atoms with Gasteiger partial charge in [-0.2, -0.15) is 0 Å². The van der Waals surface area contributed by atoms with Gasteiger partial charge < -0.3 is 20.1 Å². The quantitative estimate of drug-likeness (QED) is 0.626. The van der Waals surface area contributed by atoms with Gasteiger partial charge in [-0.25, -0.2) is 4.39 Å². The first kappa shape index (κ1) is 19.2. The molecule has 3 aromatic carbocycles. The van der Waals surface area contributed by atoms with Crippen molar-refractivity contribution in [1.29, 1.82) is 0 Å². The minimum atomic E-state index is -0.472. The summed E-state index contributed by atoms with van der Waals surface area (Å²) < 4.78 is 25.1. The number of methoxy groups -OCH3 is 1. The van der Waals surface area contributed by atoms with Gasteiger partial charge in [-0.1, -0.05) is 18.2 Å². The van der Waals surface area contributed by atoms with Crippen molar-refractivity contribution in [3.05, 3.63) is 78.1 Å². The molecule has 0 saturated heterocycles. The lowest BCUT2D eigenvalue weighted by Gasteiger charge is -2.25. The second-order valence-electron chi connectivity index (χ2n) is 6.20. The van der Waals surface area contributed by atoms with E-state index in [1.807, 2.05) is 18.2 Å². The molecule has 144 valence electrons. The maximum atomic E-state index is 14.0. The molecule has 0 saturated carbocycles. The molecule has 0 aliphatic rings. The zero-order valence-corrected chi connectivity index (χ0v) is 15.7. The average Bonchev–Trinajstić information content (AvgIpc) is 2.69. The minimum absolute atomic E-state index is 0.146. The number of benzene rings is 3. The smallest absolute Gasteiger partial charge is 0.224 e. The summed E-state index contributed by atoms with van der Waals surface area (Å²) in [5.41, 5.74) is 7.57. The van der Waals surface area contributed by atoms with E-state index in [0.717, 1.165) is 0 Å². The summed E-state index contributed by atoms with van der Waals surface area (Å²) in [5.74, 6) is 0.822. The van der Waals surface area contributed by atoms with E-state index in [9.17, 15) is 9.18 Å². The Kier molecular flexibility index (Phi) is 5.79. The normalized spacial score (nSPS) is 10.4. The Morgan fingerprint density at radius 1 is 1.04 bits per heavy atom. The van der Waals surface area contributed by atoms with Crippen molar-refractivity contribution in [3.8, 4) is 17.2 Å². The SMILES string of the molecule is COc1ccc(N)c(CN(C(C)=O)c2cc(F)ccc2Oc2ccccc2)c1. The molecule has 0 atom stereocenters. The monoisotopic (exact) mass is 380 g/mol. The van der Waals surface area contributed by atoms with Gasteiger partial charge in [-0.05, 0) is 48.0 Å². The Balaban J connectivity index is 2.00. The summed E-state index contributed by atoms with van der Waals surface area (Å²) in [6, 6.07) is 18.4. The molecular weight excluding hydrogens is 359 g/mol. The molecule has 0 aliphatic heterocycles. The molecule has 2 N–H and O–H groups in total. The van der Waals surface area contributed by atoms with Crippen LogP contribution in [0.5, 0.6) is 17.2 Å². The van der Waals surface area contributed by atoms with E-state index in [1.165, 1.54) is 30.0 Å². The van der Waals surface area contributed by atoms with E-state index in [2.05, 4.69) is 0 Å². The van der Waals surface area contributed by atoms with Gasteiger partial charge in [0.05, 0.1) is 19.3 Å². The van der Waals surface area contributed by atoms with Gasteiger partial charge in [-0.15, -0.1) is 0 Å². The molecule has 0 unspecified atom stereocenters. The Bertz CT molecular complexity index is 977. The van der Waals surface area contributed by atoms with Crippen LogP contribution in [0.25, 0.3) is 0 Å². The summed E-state index contributed by atoms with van der Waals surface area (Å²) in [6.07, 6.45) is 0. The number of para-hydroxylation sites is 1. The van der Waals surface area contributed by atoms with Crippen LogP contribution in [0.4, 0.5) is 15.8 Å². The largest absolute Gasteiger partial charge is 0.497 e.